The summed E-state index contributed by atoms with van der Waals surface area (Å²) in [6.07, 6.45) is -0.203. The third kappa shape index (κ3) is 3.48. The van der Waals surface area contributed by atoms with Crippen LogP contribution in [0.1, 0.15) is 38.4 Å². The van der Waals surface area contributed by atoms with Gasteiger partial charge in [0.15, 0.2) is 0 Å². The van der Waals surface area contributed by atoms with Gasteiger partial charge in [0.2, 0.25) is 0 Å². The number of halogens is 2. The molecule has 132 valence electrons. The number of carbonyl (C=O) groups excluding carboxylic acids is 2. The third-order valence-corrected chi connectivity index (χ3v) is 4.30. The zero-order valence-corrected chi connectivity index (χ0v) is 13.5. The van der Waals surface area contributed by atoms with Crippen LogP contribution in [0, 0.1) is 0 Å². The Morgan fingerprint density at radius 3 is 2.25 bits per heavy atom. The van der Waals surface area contributed by atoms with E-state index in [1.807, 2.05) is 13.8 Å². The van der Waals surface area contributed by atoms with E-state index in [1.54, 1.807) is 0 Å². The molecule has 8 heteroatoms. The molecule has 24 heavy (non-hydrogen) atoms. The SMILES string of the molecule is CCC1(CC)NC(=O)N(C[C@H](O)c2ccc(OC(F)F)cc2)C1=O. The molecule has 1 aliphatic rings. The fourth-order valence-corrected chi connectivity index (χ4v) is 2.72. The molecule has 0 unspecified atom stereocenters. The van der Waals surface area contributed by atoms with E-state index >= 15 is 0 Å². The standard InChI is InChI=1S/C16H20F2N2O4/c1-3-16(4-2)13(22)20(15(23)19-16)9-12(21)10-5-7-11(8-6-10)24-14(17)18/h5-8,12,14,21H,3-4,9H2,1-2H3,(H,19,23)/t12-/m0/s1. The van der Waals surface area contributed by atoms with Gasteiger partial charge in [0.05, 0.1) is 12.6 Å². The molecule has 6 nitrogen and oxygen atoms in total. The zero-order valence-electron chi connectivity index (χ0n) is 13.5. The highest BCUT2D eigenvalue weighted by Gasteiger charge is 2.49. The summed E-state index contributed by atoms with van der Waals surface area (Å²) in [6.45, 7) is 0.483. The van der Waals surface area contributed by atoms with E-state index in [-0.39, 0.29) is 18.2 Å². The van der Waals surface area contributed by atoms with Gasteiger partial charge in [-0.1, -0.05) is 26.0 Å². The largest absolute Gasteiger partial charge is 0.435 e. The Kier molecular flexibility index (Phi) is 5.38. The molecule has 2 N–H and O–H groups in total. The van der Waals surface area contributed by atoms with Crippen LogP contribution >= 0.6 is 0 Å². The molecule has 2 rings (SSSR count). The summed E-state index contributed by atoms with van der Waals surface area (Å²) in [5.74, 6) is -0.402. The highest BCUT2D eigenvalue weighted by molar-refractivity contribution is 6.07. The molecule has 1 aromatic carbocycles. The van der Waals surface area contributed by atoms with Gasteiger partial charge in [0.25, 0.3) is 5.91 Å². The predicted octanol–water partition coefficient (Wildman–Crippen LogP) is 2.43. The van der Waals surface area contributed by atoms with Crippen LogP contribution in [0.25, 0.3) is 0 Å². The summed E-state index contributed by atoms with van der Waals surface area (Å²) in [6, 6.07) is 4.86. The Hall–Kier alpha value is -2.22. The van der Waals surface area contributed by atoms with Crippen LogP contribution in [0.2, 0.25) is 0 Å². The van der Waals surface area contributed by atoms with Crippen molar-refractivity contribution in [3.05, 3.63) is 29.8 Å². The van der Waals surface area contributed by atoms with Crippen LogP contribution in [-0.4, -0.2) is 40.6 Å². The smallest absolute Gasteiger partial charge is 0.387 e. The molecule has 0 spiro atoms. The number of hydrogen-bond donors (Lipinski definition) is 2. The second kappa shape index (κ2) is 7.12. The number of ether oxygens (including phenoxy) is 1. The van der Waals surface area contributed by atoms with E-state index in [0.717, 1.165) is 4.90 Å². The molecule has 1 aromatic rings. The monoisotopic (exact) mass is 342 g/mol. The zero-order chi connectivity index (χ0) is 17.9. The van der Waals surface area contributed by atoms with E-state index in [1.165, 1.54) is 24.3 Å². The maximum atomic E-state index is 12.5. The lowest BCUT2D eigenvalue weighted by atomic mass is 9.93. The minimum Gasteiger partial charge on any atom is -0.435 e. The summed E-state index contributed by atoms with van der Waals surface area (Å²) < 4.78 is 28.5. The minimum atomic E-state index is -2.93. The summed E-state index contributed by atoms with van der Waals surface area (Å²) >= 11 is 0. The molecular weight excluding hydrogens is 322 g/mol. The summed E-state index contributed by atoms with van der Waals surface area (Å²) in [4.78, 5) is 25.5. The highest BCUT2D eigenvalue weighted by Crippen LogP contribution is 2.27. The topological polar surface area (TPSA) is 78.9 Å². The van der Waals surface area contributed by atoms with Gasteiger partial charge in [-0.15, -0.1) is 0 Å². The lowest BCUT2D eigenvalue weighted by molar-refractivity contribution is -0.132. The maximum Gasteiger partial charge on any atom is 0.387 e. The number of urea groups is 1. The number of aliphatic hydroxyl groups is 1. The van der Waals surface area contributed by atoms with Crippen molar-refractivity contribution in [2.75, 3.05) is 6.54 Å². The normalized spacial score (nSPS) is 18.0. The third-order valence-electron chi connectivity index (χ3n) is 4.30. The highest BCUT2D eigenvalue weighted by atomic mass is 19.3. The van der Waals surface area contributed by atoms with Crippen LogP contribution in [0.3, 0.4) is 0 Å². The van der Waals surface area contributed by atoms with Gasteiger partial charge in [0, 0.05) is 0 Å². The lowest BCUT2D eigenvalue weighted by Crippen LogP contribution is -2.46. The molecule has 0 saturated carbocycles. The van der Waals surface area contributed by atoms with E-state index < -0.39 is 24.3 Å². The molecule has 1 heterocycles. The molecule has 0 aromatic heterocycles. The van der Waals surface area contributed by atoms with Gasteiger partial charge < -0.3 is 15.2 Å². The second-order valence-electron chi connectivity index (χ2n) is 5.60. The van der Waals surface area contributed by atoms with Crippen LogP contribution < -0.4 is 10.1 Å². The number of amides is 3. The molecule has 1 fully saturated rings. The first-order chi connectivity index (χ1) is 11.3. The van der Waals surface area contributed by atoms with Crippen LogP contribution in [0.5, 0.6) is 5.75 Å². The summed E-state index contributed by atoms with van der Waals surface area (Å²) in [7, 11) is 0. The van der Waals surface area contributed by atoms with E-state index in [9.17, 15) is 23.5 Å². The first-order valence-electron chi connectivity index (χ1n) is 7.70. The van der Waals surface area contributed by atoms with Gasteiger partial charge in [-0.2, -0.15) is 8.78 Å². The van der Waals surface area contributed by atoms with Crippen molar-refractivity contribution in [2.24, 2.45) is 0 Å². The van der Waals surface area contributed by atoms with Crippen molar-refractivity contribution < 1.29 is 28.2 Å². The Balaban J connectivity index is 2.08. The van der Waals surface area contributed by atoms with Crippen molar-refractivity contribution in [1.29, 1.82) is 0 Å². The number of nitrogens with one attached hydrogen (secondary N) is 1. The number of benzene rings is 1. The molecule has 3 amide bonds. The summed E-state index contributed by atoms with van der Waals surface area (Å²) in [5.41, 5.74) is -0.533. The van der Waals surface area contributed by atoms with Gasteiger partial charge in [0.1, 0.15) is 11.3 Å². The van der Waals surface area contributed by atoms with Crippen molar-refractivity contribution in [1.82, 2.24) is 10.2 Å². The number of nitrogens with zero attached hydrogens (tertiary/aromatic N) is 1. The Labute approximate surface area is 138 Å². The Morgan fingerprint density at radius 1 is 1.21 bits per heavy atom. The van der Waals surface area contributed by atoms with Crippen molar-refractivity contribution >= 4 is 11.9 Å². The number of imide groups is 1. The number of rotatable bonds is 7. The Morgan fingerprint density at radius 2 is 1.79 bits per heavy atom. The van der Waals surface area contributed by atoms with Gasteiger partial charge in [-0.25, -0.2) is 4.79 Å². The van der Waals surface area contributed by atoms with Gasteiger partial charge in [-0.3, -0.25) is 9.69 Å². The first kappa shape index (κ1) is 18.1. The van der Waals surface area contributed by atoms with E-state index in [0.29, 0.717) is 18.4 Å². The quantitative estimate of drug-likeness (QED) is 0.746. The van der Waals surface area contributed by atoms with E-state index in [4.69, 9.17) is 0 Å². The lowest BCUT2D eigenvalue weighted by Gasteiger charge is -2.24. The van der Waals surface area contributed by atoms with Crippen LogP contribution in [-0.2, 0) is 4.79 Å². The molecule has 1 saturated heterocycles. The number of alkyl halides is 2. The number of aliphatic hydroxyl groups excluding tert-OH is 1. The van der Waals surface area contributed by atoms with Crippen molar-refractivity contribution in [3.8, 4) is 5.75 Å². The number of β-amino-alcohol motifs (C(OH)–C–C–N with tert-alkyl or cyclic N) is 1. The number of hydrogen-bond acceptors (Lipinski definition) is 4. The predicted molar refractivity (Wildman–Crippen MR) is 81.6 cm³/mol. The Bertz CT molecular complexity index is 603. The van der Waals surface area contributed by atoms with Crippen molar-refractivity contribution in [2.45, 2.75) is 44.9 Å². The number of carbonyl (C=O) groups is 2. The molecule has 1 atom stereocenters. The minimum absolute atomic E-state index is 0.0353. The molecule has 0 aliphatic carbocycles. The van der Waals surface area contributed by atoms with Crippen molar-refractivity contribution in [3.63, 3.8) is 0 Å². The fraction of sp³-hybridized carbons (Fsp3) is 0.500. The first-order valence-corrected chi connectivity index (χ1v) is 7.70. The molecular formula is C16H20F2N2O4. The van der Waals surface area contributed by atoms with Crippen LogP contribution in [0.15, 0.2) is 24.3 Å². The molecule has 1 aliphatic heterocycles. The molecule has 0 bridgehead atoms. The van der Waals surface area contributed by atoms with Gasteiger partial charge >= 0.3 is 12.6 Å². The molecule has 0 radical (unpaired) electrons. The fourth-order valence-electron chi connectivity index (χ4n) is 2.72. The van der Waals surface area contributed by atoms with Crippen LogP contribution in [0.4, 0.5) is 13.6 Å². The summed E-state index contributed by atoms with van der Waals surface area (Å²) in [5, 5.41) is 12.9. The average Bonchev–Trinajstić information content (AvgIpc) is 2.79. The van der Waals surface area contributed by atoms with Gasteiger partial charge in [-0.05, 0) is 30.5 Å². The second-order valence-corrected chi connectivity index (χ2v) is 5.60. The average molecular weight is 342 g/mol. The van der Waals surface area contributed by atoms with E-state index in [2.05, 4.69) is 10.1 Å². The maximum absolute atomic E-state index is 12.5.